The van der Waals surface area contributed by atoms with E-state index in [4.69, 9.17) is 14.5 Å². The van der Waals surface area contributed by atoms with Crippen molar-refractivity contribution in [3.8, 4) is 11.3 Å². The van der Waals surface area contributed by atoms with E-state index in [1.54, 1.807) is 6.20 Å². The molecule has 5 nitrogen and oxygen atoms in total. The fraction of sp³-hybridized carbons (Fsp3) is 0.333. The first kappa shape index (κ1) is 24.7. The van der Waals surface area contributed by atoms with Crippen molar-refractivity contribution in [2.75, 3.05) is 13.7 Å². The summed E-state index contributed by atoms with van der Waals surface area (Å²) in [7, 11) is 1.42. The third kappa shape index (κ3) is 5.15. The Labute approximate surface area is 207 Å². The number of carbonyl (C=O) groups excluding carboxylic acids is 1. The lowest BCUT2D eigenvalue weighted by Crippen LogP contribution is -2.30. The molecule has 0 aliphatic rings. The zero-order valence-electron chi connectivity index (χ0n) is 21.4. The van der Waals surface area contributed by atoms with Gasteiger partial charge in [0.05, 0.1) is 31.4 Å². The largest absolute Gasteiger partial charge is 0.468 e. The van der Waals surface area contributed by atoms with Crippen LogP contribution < -0.4 is 0 Å². The summed E-state index contributed by atoms with van der Waals surface area (Å²) in [6, 6.07) is 18.8. The third-order valence-corrected chi connectivity index (χ3v) is 6.59. The highest BCUT2D eigenvalue weighted by molar-refractivity contribution is 5.91. The highest BCUT2D eigenvalue weighted by Crippen LogP contribution is 2.38. The fourth-order valence-corrected chi connectivity index (χ4v) is 4.67. The molecule has 0 fully saturated rings. The Kier molecular flexibility index (Phi) is 7.08. The van der Waals surface area contributed by atoms with Gasteiger partial charge < -0.3 is 14.5 Å². The molecular formula is C30H34N2O3. The van der Waals surface area contributed by atoms with Crippen LogP contribution in [0.1, 0.15) is 54.5 Å². The number of aryl methyl sites for hydroxylation is 2. The lowest BCUT2D eigenvalue weighted by Gasteiger charge is -2.22. The predicted molar refractivity (Wildman–Crippen MR) is 141 cm³/mol. The fourth-order valence-electron chi connectivity index (χ4n) is 4.67. The number of hydrogen-bond donors (Lipinski definition) is 1. The summed E-state index contributed by atoms with van der Waals surface area (Å²) >= 11 is 0. The number of aromatic nitrogens is 2. The second-order valence-corrected chi connectivity index (χ2v) is 9.93. The Bertz CT molecular complexity index is 1320. The standard InChI is InChI=1S/C30H34N2O3/c1-19-12-20(2)14-23(13-19)27-26(21(3)17-35-18-22-10-8-7-9-11-22)25-15-24(16-31-28(25)32-27)30(4,5)29(33)34-6/h7-16,21H,17-18H2,1-6H3,(H,31,32). The van der Waals surface area contributed by atoms with Gasteiger partial charge in [0.15, 0.2) is 0 Å². The van der Waals surface area contributed by atoms with Gasteiger partial charge in [-0.1, -0.05) is 54.4 Å². The van der Waals surface area contributed by atoms with Crippen LogP contribution >= 0.6 is 0 Å². The molecule has 5 heteroatoms. The van der Waals surface area contributed by atoms with E-state index in [2.05, 4.69) is 62.2 Å². The first-order chi connectivity index (χ1) is 16.7. The van der Waals surface area contributed by atoms with Crippen molar-refractivity contribution >= 4 is 17.0 Å². The molecule has 4 aromatic rings. The van der Waals surface area contributed by atoms with E-state index in [-0.39, 0.29) is 11.9 Å². The molecule has 182 valence electrons. The van der Waals surface area contributed by atoms with Gasteiger partial charge in [-0.25, -0.2) is 4.98 Å². The molecule has 2 aromatic carbocycles. The minimum Gasteiger partial charge on any atom is -0.468 e. The van der Waals surface area contributed by atoms with Crippen molar-refractivity contribution in [1.29, 1.82) is 0 Å². The van der Waals surface area contributed by atoms with E-state index < -0.39 is 5.41 Å². The van der Waals surface area contributed by atoms with Gasteiger partial charge in [0, 0.05) is 17.5 Å². The van der Waals surface area contributed by atoms with Crippen LogP contribution in [0, 0.1) is 13.8 Å². The van der Waals surface area contributed by atoms with Crippen LogP contribution in [0.25, 0.3) is 22.3 Å². The van der Waals surface area contributed by atoms with Gasteiger partial charge in [0.25, 0.3) is 0 Å². The maximum Gasteiger partial charge on any atom is 0.315 e. The molecule has 0 amide bonds. The summed E-state index contributed by atoms with van der Waals surface area (Å²) in [6.07, 6.45) is 1.77. The van der Waals surface area contributed by atoms with E-state index in [1.807, 2.05) is 32.0 Å². The highest BCUT2D eigenvalue weighted by Gasteiger charge is 2.32. The zero-order chi connectivity index (χ0) is 25.2. The summed E-state index contributed by atoms with van der Waals surface area (Å²) in [6.45, 7) is 11.3. The Hall–Kier alpha value is -3.44. The van der Waals surface area contributed by atoms with Crippen molar-refractivity contribution < 1.29 is 14.3 Å². The number of methoxy groups -OCH3 is 1. The van der Waals surface area contributed by atoms with Crippen LogP contribution in [0.15, 0.2) is 60.8 Å². The third-order valence-electron chi connectivity index (χ3n) is 6.59. The number of nitrogens with one attached hydrogen (secondary N) is 1. The number of rotatable bonds is 8. The van der Waals surface area contributed by atoms with E-state index in [0.717, 1.165) is 39.0 Å². The lowest BCUT2D eigenvalue weighted by atomic mass is 9.84. The molecule has 0 bridgehead atoms. The molecule has 0 saturated heterocycles. The van der Waals surface area contributed by atoms with E-state index in [9.17, 15) is 4.79 Å². The molecule has 2 heterocycles. The van der Waals surface area contributed by atoms with Gasteiger partial charge in [0.1, 0.15) is 5.65 Å². The van der Waals surface area contributed by atoms with Crippen molar-refractivity contribution in [3.05, 3.63) is 88.6 Å². The Morgan fingerprint density at radius 1 is 1.06 bits per heavy atom. The normalized spacial score (nSPS) is 12.6. The number of H-pyrrole nitrogens is 1. The first-order valence-corrected chi connectivity index (χ1v) is 12.0. The van der Waals surface area contributed by atoms with Gasteiger partial charge in [-0.2, -0.15) is 0 Å². The van der Waals surface area contributed by atoms with Gasteiger partial charge >= 0.3 is 5.97 Å². The second-order valence-electron chi connectivity index (χ2n) is 9.93. The number of hydrogen-bond acceptors (Lipinski definition) is 4. The average Bonchev–Trinajstić information content (AvgIpc) is 3.22. The number of pyridine rings is 1. The summed E-state index contributed by atoms with van der Waals surface area (Å²) in [5, 5.41) is 1.00. The molecule has 1 N–H and O–H groups in total. The van der Waals surface area contributed by atoms with Crippen LogP contribution in [0.5, 0.6) is 0 Å². The van der Waals surface area contributed by atoms with Gasteiger partial charge in [-0.3, -0.25) is 4.79 Å². The van der Waals surface area contributed by atoms with Crippen LogP contribution in [0.3, 0.4) is 0 Å². The van der Waals surface area contributed by atoms with E-state index >= 15 is 0 Å². The second kappa shape index (κ2) is 10.0. The molecule has 1 unspecified atom stereocenters. The zero-order valence-corrected chi connectivity index (χ0v) is 21.4. The minimum atomic E-state index is -0.808. The summed E-state index contributed by atoms with van der Waals surface area (Å²) in [4.78, 5) is 20.8. The lowest BCUT2D eigenvalue weighted by molar-refractivity contribution is -0.146. The molecule has 0 radical (unpaired) electrons. The number of ether oxygens (including phenoxy) is 2. The minimum absolute atomic E-state index is 0.0987. The summed E-state index contributed by atoms with van der Waals surface area (Å²) < 4.78 is 11.2. The molecule has 0 saturated carbocycles. The molecule has 4 rings (SSSR count). The monoisotopic (exact) mass is 470 g/mol. The van der Waals surface area contributed by atoms with Gasteiger partial charge in [0.2, 0.25) is 0 Å². The molecule has 2 aromatic heterocycles. The molecule has 0 spiro atoms. The molecule has 35 heavy (non-hydrogen) atoms. The van der Waals surface area contributed by atoms with Crippen LogP contribution in [0.4, 0.5) is 0 Å². The number of esters is 1. The first-order valence-electron chi connectivity index (χ1n) is 12.0. The Morgan fingerprint density at radius 3 is 2.40 bits per heavy atom. The molecule has 1 atom stereocenters. The van der Waals surface area contributed by atoms with Crippen LogP contribution in [-0.2, 0) is 26.3 Å². The maximum atomic E-state index is 12.5. The summed E-state index contributed by atoms with van der Waals surface area (Å²) in [5.41, 5.74) is 7.69. The number of fused-ring (bicyclic) bond motifs is 1. The quantitative estimate of drug-likeness (QED) is 0.294. The van der Waals surface area contributed by atoms with Crippen molar-refractivity contribution in [2.45, 2.75) is 52.6 Å². The summed E-state index contributed by atoms with van der Waals surface area (Å²) in [5.74, 6) is -0.189. The number of carbonyl (C=O) groups is 1. The van der Waals surface area contributed by atoms with Gasteiger partial charge in [-0.05, 0) is 68.1 Å². The van der Waals surface area contributed by atoms with Crippen molar-refractivity contribution in [2.24, 2.45) is 0 Å². The van der Waals surface area contributed by atoms with Crippen LogP contribution in [0.2, 0.25) is 0 Å². The Morgan fingerprint density at radius 2 is 1.74 bits per heavy atom. The van der Waals surface area contributed by atoms with Crippen LogP contribution in [-0.4, -0.2) is 29.7 Å². The molecule has 0 aliphatic carbocycles. The number of nitrogens with zero attached hydrogens (tertiary/aromatic N) is 1. The average molecular weight is 471 g/mol. The van der Waals surface area contributed by atoms with Gasteiger partial charge in [-0.15, -0.1) is 0 Å². The topological polar surface area (TPSA) is 64.2 Å². The van der Waals surface area contributed by atoms with Crippen molar-refractivity contribution in [1.82, 2.24) is 9.97 Å². The number of aromatic amines is 1. The molecular weight excluding hydrogens is 436 g/mol. The number of benzene rings is 2. The maximum absolute atomic E-state index is 12.5. The smallest absolute Gasteiger partial charge is 0.315 e. The van der Waals surface area contributed by atoms with E-state index in [0.29, 0.717) is 13.2 Å². The Balaban J connectivity index is 1.78. The van der Waals surface area contributed by atoms with E-state index in [1.165, 1.54) is 18.2 Å². The highest BCUT2D eigenvalue weighted by atomic mass is 16.5. The predicted octanol–water partition coefficient (Wildman–Crippen LogP) is 6.62. The SMILES string of the molecule is COC(=O)C(C)(C)c1cnc2[nH]c(-c3cc(C)cc(C)c3)c(C(C)COCc3ccccc3)c2c1. The van der Waals surface area contributed by atoms with Crippen molar-refractivity contribution in [3.63, 3.8) is 0 Å². The molecule has 0 aliphatic heterocycles.